The van der Waals surface area contributed by atoms with Gasteiger partial charge in [0.25, 0.3) is 0 Å². The van der Waals surface area contributed by atoms with Crippen molar-refractivity contribution < 1.29 is 13.2 Å². The third-order valence-corrected chi connectivity index (χ3v) is 6.70. The molecule has 3 aromatic rings. The Morgan fingerprint density at radius 2 is 2.18 bits per heavy atom. The molecule has 0 amide bonds. The second kappa shape index (κ2) is 6.33. The molecule has 6 nitrogen and oxygen atoms in total. The zero-order valence-corrected chi connectivity index (χ0v) is 15.8. The molecule has 2 fully saturated rings. The maximum Gasteiger partial charge on any atom is 0.393 e. The Bertz CT molecular complexity index is 977. The Labute approximate surface area is 163 Å². The molecule has 1 spiro atoms. The van der Waals surface area contributed by atoms with Crippen LogP contribution in [0.4, 0.5) is 24.7 Å². The topological polar surface area (TPSA) is 69.7 Å². The van der Waals surface area contributed by atoms with E-state index in [4.69, 9.17) is 0 Å². The molecule has 2 aliphatic rings. The number of hydrogen-bond acceptors (Lipinski definition) is 6. The van der Waals surface area contributed by atoms with Crippen molar-refractivity contribution in [2.45, 2.75) is 37.9 Å². The van der Waals surface area contributed by atoms with Crippen molar-refractivity contribution in [1.82, 2.24) is 20.2 Å². The third-order valence-electron chi connectivity index (χ3n) is 5.66. The maximum atomic E-state index is 12.7. The first kappa shape index (κ1) is 17.7. The van der Waals surface area contributed by atoms with Gasteiger partial charge >= 0.3 is 6.18 Å². The van der Waals surface area contributed by atoms with E-state index in [0.29, 0.717) is 10.9 Å². The fraction of sp³-hybridized carbons (Fsp3) is 0.500. The van der Waals surface area contributed by atoms with Gasteiger partial charge in [-0.15, -0.1) is 11.3 Å². The van der Waals surface area contributed by atoms with E-state index in [2.05, 4.69) is 30.4 Å². The molecule has 0 radical (unpaired) electrons. The molecule has 1 saturated heterocycles. The lowest BCUT2D eigenvalue weighted by atomic mass is 9.78. The van der Waals surface area contributed by atoms with Gasteiger partial charge in [0.1, 0.15) is 17.0 Å². The van der Waals surface area contributed by atoms with Gasteiger partial charge in [0.15, 0.2) is 0 Å². The van der Waals surface area contributed by atoms with Crippen LogP contribution in [0.1, 0.15) is 24.1 Å². The Balaban J connectivity index is 1.29. The number of halogens is 3. The first-order chi connectivity index (χ1) is 13.4. The Kier molecular flexibility index (Phi) is 4.01. The summed E-state index contributed by atoms with van der Waals surface area (Å²) in [6.07, 6.45) is 3.27. The summed E-state index contributed by atoms with van der Waals surface area (Å²) in [4.78, 5) is 11.6. The first-order valence-electron chi connectivity index (χ1n) is 9.20. The summed E-state index contributed by atoms with van der Waals surface area (Å²) in [5, 5.41) is 11.0. The summed E-state index contributed by atoms with van der Waals surface area (Å²) in [5.41, 5.74) is 1.26. The highest BCUT2D eigenvalue weighted by Gasteiger charge is 2.49. The number of aromatic nitrogens is 4. The van der Waals surface area contributed by atoms with Crippen molar-refractivity contribution in [3.8, 4) is 0 Å². The van der Waals surface area contributed by atoms with Gasteiger partial charge in [-0.05, 0) is 25.3 Å². The average Bonchev–Trinajstić information content (AvgIpc) is 3.31. The number of thiophene rings is 1. The first-order valence-corrected chi connectivity index (χ1v) is 10.0. The SMILES string of the molecule is FC(F)(F)Cc1cc2c(N3CC4(CCC(Nc5cn[nH]c5)C4)C3)ncnc2s1. The van der Waals surface area contributed by atoms with Gasteiger partial charge in [-0.25, -0.2) is 9.97 Å². The van der Waals surface area contributed by atoms with Crippen molar-refractivity contribution >= 4 is 33.1 Å². The molecule has 1 saturated carbocycles. The fourth-order valence-electron chi connectivity index (χ4n) is 4.53. The van der Waals surface area contributed by atoms with E-state index >= 15 is 0 Å². The fourth-order valence-corrected chi connectivity index (χ4v) is 5.55. The molecule has 10 heteroatoms. The van der Waals surface area contributed by atoms with Crippen LogP contribution in [0.5, 0.6) is 0 Å². The number of hydrogen-bond donors (Lipinski definition) is 2. The molecule has 1 atom stereocenters. The number of anilines is 2. The van der Waals surface area contributed by atoms with E-state index in [1.807, 2.05) is 6.20 Å². The summed E-state index contributed by atoms with van der Waals surface area (Å²) in [7, 11) is 0. The van der Waals surface area contributed by atoms with Gasteiger partial charge in [0, 0.05) is 35.6 Å². The lowest BCUT2D eigenvalue weighted by Crippen LogP contribution is -2.56. The summed E-state index contributed by atoms with van der Waals surface area (Å²) < 4.78 is 38.2. The second-order valence-electron chi connectivity index (χ2n) is 7.85. The highest BCUT2D eigenvalue weighted by atomic mass is 32.1. The van der Waals surface area contributed by atoms with Crippen LogP contribution < -0.4 is 10.2 Å². The van der Waals surface area contributed by atoms with Crippen molar-refractivity contribution in [1.29, 1.82) is 0 Å². The van der Waals surface area contributed by atoms with Crippen LogP contribution >= 0.6 is 11.3 Å². The second-order valence-corrected chi connectivity index (χ2v) is 8.96. The van der Waals surface area contributed by atoms with Crippen molar-refractivity contribution in [2.24, 2.45) is 5.41 Å². The van der Waals surface area contributed by atoms with E-state index in [1.165, 1.54) is 6.33 Å². The molecule has 1 aliphatic carbocycles. The van der Waals surface area contributed by atoms with Gasteiger partial charge in [0.2, 0.25) is 0 Å². The number of rotatable bonds is 4. The number of H-pyrrole nitrogens is 1. The van der Waals surface area contributed by atoms with Crippen LogP contribution in [0, 0.1) is 5.41 Å². The van der Waals surface area contributed by atoms with Crippen molar-refractivity contribution in [2.75, 3.05) is 23.3 Å². The van der Waals surface area contributed by atoms with Gasteiger partial charge in [-0.2, -0.15) is 18.3 Å². The molecule has 4 heterocycles. The summed E-state index contributed by atoms with van der Waals surface area (Å²) >= 11 is 1.10. The average molecular weight is 408 g/mol. The molecular weight excluding hydrogens is 389 g/mol. The molecule has 0 bridgehead atoms. The maximum absolute atomic E-state index is 12.7. The normalized spacial score (nSPS) is 21.4. The molecular formula is C18H19F3N6S. The molecule has 3 aromatic heterocycles. The molecule has 28 heavy (non-hydrogen) atoms. The lowest BCUT2D eigenvalue weighted by molar-refractivity contribution is -0.126. The minimum atomic E-state index is -4.21. The van der Waals surface area contributed by atoms with Crippen LogP contribution in [0.25, 0.3) is 10.2 Å². The largest absolute Gasteiger partial charge is 0.393 e. The van der Waals surface area contributed by atoms with Gasteiger partial charge in [0.05, 0.1) is 23.7 Å². The Morgan fingerprint density at radius 3 is 2.93 bits per heavy atom. The van der Waals surface area contributed by atoms with Crippen LogP contribution in [-0.2, 0) is 6.42 Å². The lowest BCUT2D eigenvalue weighted by Gasteiger charge is -2.49. The minimum absolute atomic E-state index is 0.253. The molecule has 0 aromatic carbocycles. The van der Waals surface area contributed by atoms with Gasteiger partial charge in [-0.1, -0.05) is 0 Å². The van der Waals surface area contributed by atoms with Crippen LogP contribution in [-0.4, -0.2) is 45.5 Å². The smallest absolute Gasteiger partial charge is 0.380 e. The standard InChI is InChI=1S/C18H19F3N6S/c19-18(20,21)5-13-3-14-15(22-10-23-16(14)28-13)27-8-17(9-27)2-1-11(4-17)26-12-6-24-25-7-12/h3,6-7,10-11,26H,1-2,4-5,8-9H2,(H,24,25). The highest BCUT2D eigenvalue weighted by molar-refractivity contribution is 7.18. The summed E-state index contributed by atoms with van der Waals surface area (Å²) in [6, 6.07) is 2.02. The molecule has 1 unspecified atom stereocenters. The third kappa shape index (κ3) is 3.30. The Morgan fingerprint density at radius 1 is 1.32 bits per heavy atom. The van der Waals surface area contributed by atoms with Crippen LogP contribution in [0.15, 0.2) is 24.8 Å². The van der Waals surface area contributed by atoms with Crippen LogP contribution in [0.3, 0.4) is 0 Å². The minimum Gasteiger partial charge on any atom is -0.380 e. The van der Waals surface area contributed by atoms with E-state index in [9.17, 15) is 13.2 Å². The van der Waals surface area contributed by atoms with Crippen LogP contribution in [0.2, 0.25) is 0 Å². The molecule has 2 N–H and O–H groups in total. The zero-order chi connectivity index (χ0) is 19.4. The predicted octanol–water partition coefficient (Wildman–Crippen LogP) is 3.99. The number of nitrogens with one attached hydrogen (secondary N) is 2. The summed E-state index contributed by atoms with van der Waals surface area (Å²) in [5.74, 6) is 0.756. The zero-order valence-electron chi connectivity index (χ0n) is 15.0. The highest BCUT2D eigenvalue weighted by Crippen LogP contribution is 2.48. The van der Waals surface area contributed by atoms with E-state index < -0.39 is 12.6 Å². The van der Waals surface area contributed by atoms with E-state index in [1.54, 1.807) is 12.3 Å². The van der Waals surface area contributed by atoms with Gasteiger partial charge < -0.3 is 10.2 Å². The number of fused-ring (bicyclic) bond motifs is 1. The molecule has 1 aliphatic heterocycles. The number of alkyl halides is 3. The monoisotopic (exact) mass is 408 g/mol. The van der Waals surface area contributed by atoms with E-state index in [-0.39, 0.29) is 10.3 Å². The quantitative estimate of drug-likeness (QED) is 0.683. The Hall–Kier alpha value is -2.36. The van der Waals surface area contributed by atoms with Crippen molar-refractivity contribution in [3.63, 3.8) is 0 Å². The van der Waals surface area contributed by atoms with Gasteiger partial charge in [-0.3, -0.25) is 5.10 Å². The predicted molar refractivity (Wildman–Crippen MR) is 102 cm³/mol. The number of aromatic amines is 1. The summed E-state index contributed by atoms with van der Waals surface area (Å²) in [6.45, 7) is 1.76. The number of nitrogens with zero attached hydrogens (tertiary/aromatic N) is 4. The van der Waals surface area contributed by atoms with Crippen molar-refractivity contribution in [3.05, 3.63) is 29.7 Å². The molecule has 5 rings (SSSR count). The van der Waals surface area contributed by atoms with E-state index in [0.717, 1.165) is 60.6 Å². The molecule has 148 valence electrons.